The van der Waals surface area contributed by atoms with Crippen LogP contribution in [0.5, 0.6) is 0 Å². The van der Waals surface area contributed by atoms with Crippen molar-refractivity contribution in [3.8, 4) is 0 Å². The van der Waals surface area contributed by atoms with E-state index >= 15 is 0 Å². The summed E-state index contributed by atoms with van der Waals surface area (Å²) in [5.74, 6) is -1.19. The van der Waals surface area contributed by atoms with Gasteiger partial charge >= 0.3 is 5.97 Å². The van der Waals surface area contributed by atoms with Crippen molar-refractivity contribution >= 4 is 11.9 Å². The highest BCUT2D eigenvalue weighted by Gasteiger charge is 2.30. The maximum Gasteiger partial charge on any atom is 0.329 e. The van der Waals surface area contributed by atoms with Gasteiger partial charge in [0.2, 0.25) is 5.91 Å². The van der Waals surface area contributed by atoms with E-state index in [-0.39, 0.29) is 18.6 Å². The molecule has 0 heterocycles. The summed E-state index contributed by atoms with van der Waals surface area (Å²) in [5.41, 5.74) is 0.375. The van der Waals surface area contributed by atoms with Gasteiger partial charge in [0.05, 0.1) is 0 Å². The first-order valence-electron chi connectivity index (χ1n) is 6.37. The third-order valence-electron chi connectivity index (χ3n) is 3.70. The van der Waals surface area contributed by atoms with Crippen LogP contribution in [-0.4, -0.2) is 48.2 Å². The average Bonchev–Trinajstić information content (AvgIpc) is 2.27. The van der Waals surface area contributed by atoms with E-state index in [1.54, 1.807) is 11.9 Å². The summed E-state index contributed by atoms with van der Waals surface area (Å²) in [6, 6.07) is 0.263. The Hall–Kier alpha value is -1.10. The number of hydrogen-bond donors (Lipinski definition) is 1. The van der Waals surface area contributed by atoms with Crippen LogP contribution in [0.2, 0.25) is 0 Å². The molecule has 1 N–H and O–H groups in total. The summed E-state index contributed by atoms with van der Waals surface area (Å²) < 4.78 is 4.82. The molecule has 0 saturated heterocycles. The Labute approximate surface area is 108 Å². The highest BCUT2D eigenvalue weighted by Crippen LogP contribution is 2.36. The summed E-state index contributed by atoms with van der Waals surface area (Å²) >= 11 is 0. The third kappa shape index (κ3) is 4.64. The molecule has 0 unspecified atom stereocenters. The van der Waals surface area contributed by atoms with Crippen LogP contribution < -0.4 is 0 Å². The second-order valence-corrected chi connectivity index (χ2v) is 5.79. The van der Waals surface area contributed by atoms with Crippen LogP contribution >= 0.6 is 0 Å². The number of carbonyl (C=O) groups excluding carboxylic acids is 1. The zero-order valence-corrected chi connectivity index (χ0v) is 11.4. The molecule has 18 heavy (non-hydrogen) atoms. The highest BCUT2D eigenvalue weighted by atomic mass is 16.5. The van der Waals surface area contributed by atoms with Crippen LogP contribution in [0.4, 0.5) is 0 Å². The number of carboxylic acids is 1. The van der Waals surface area contributed by atoms with Crippen molar-refractivity contribution in [1.29, 1.82) is 0 Å². The zero-order valence-electron chi connectivity index (χ0n) is 11.4. The molecular formula is C13H23NO4. The van der Waals surface area contributed by atoms with Gasteiger partial charge < -0.3 is 14.7 Å². The molecule has 1 amide bonds. The molecule has 0 radical (unpaired) electrons. The van der Waals surface area contributed by atoms with E-state index in [9.17, 15) is 9.59 Å². The van der Waals surface area contributed by atoms with Crippen LogP contribution in [0.1, 0.15) is 39.5 Å². The third-order valence-corrected chi connectivity index (χ3v) is 3.70. The number of carbonyl (C=O) groups is 2. The van der Waals surface area contributed by atoms with Crippen molar-refractivity contribution in [1.82, 2.24) is 4.90 Å². The molecule has 0 aliphatic heterocycles. The van der Waals surface area contributed by atoms with Gasteiger partial charge in [0.25, 0.3) is 0 Å². The number of rotatable bonds is 5. The maximum absolute atomic E-state index is 11.8. The van der Waals surface area contributed by atoms with E-state index in [1.807, 2.05) is 0 Å². The topological polar surface area (TPSA) is 66.8 Å². The quantitative estimate of drug-likeness (QED) is 0.810. The molecule has 1 aliphatic carbocycles. The van der Waals surface area contributed by atoms with Crippen LogP contribution in [0, 0.1) is 5.41 Å². The minimum atomic E-state index is -1.05. The Morgan fingerprint density at radius 3 is 2.33 bits per heavy atom. The molecule has 1 rings (SSSR count). The predicted molar refractivity (Wildman–Crippen MR) is 67.3 cm³/mol. The molecular weight excluding hydrogens is 234 g/mol. The van der Waals surface area contributed by atoms with Crippen LogP contribution in [0.25, 0.3) is 0 Å². The number of carboxylic acid groups (broad SMARTS) is 1. The van der Waals surface area contributed by atoms with Gasteiger partial charge in [-0.15, -0.1) is 0 Å². The van der Waals surface area contributed by atoms with E-state index in [0.29, 0.717) is 5.41 Å². The molecule has 1 saturated carbocycles. The second kappa shape index (κ2) is 6.18. The Morgan fingerprint density at radius 2 is 1.83 bits per heavy atom. The van der Waals surface area contributed by atoms with Crippen molar-refractivity contribution in [2.24, 2.45) is 5.41 Å². The fourth-order valence-corrected chi connectivity index (χ4v) is 2.30. The fourth-order valence-electron chi connectivity index (χ4n) is 2.30. The molecule has 1 fully saturated rings. The first-order valence-corrected chi connectivity index (χ1v) is 6.37. The number of amides is 1. The SMILES string of the molecule is CN(C(=O)COCC(=O)O)C1CCC(C)(C)CC1. The predicted octanol–water partition coefficient (Wildman–Crippen LogP) is 1.51. The van der Waals surface area contributed by atoms with Crippen molar-refractivity contribution in [3.05, 3.63) is 0 Å². The Balaban J connectivity index is 2.33. The van der Waals surface area contributed by atoms with Crippen molar-refractivity contribution in [2.75, 3.05) is 20.3 Å². The summed E-state index contributed by atoms with van der Waals surface area (Å²) in [4.78, 5) is 23.8. The number of ether oxygens (including phenoxy) is 1. The second-order valence-electron chi connectivity index (χ2n) is 5.79. The standard InChI is InChI=1S/C13H23NO4/c1-13(2)6-4-10(5-7-13)14(3)11(15)8-18-9-12(16)17/h10H,4-9H2,1-3H3,(H,16,17). The van der Waals surface area contributed by atoms with Gasteiger partial charge in [-0.1, -0.05) is 13.8 Å². The van der Waals surface area contributed by atoms with Gasteiger partial charge in [-0.05, 0) is 31.1 Å². The first-order chi connectivity index (χ1) is 8.32. The van der Waals surface area contributed by atoms with Crippen LogP contribution in [0.15, 0.2) is 0 Å². The van der Waals surface area contributed by atoms with E-state index in [4.69, 9.17) is 9.84 Å². The molecule has 0 aromatic heterocycles. The summed E-state index contributed by atoms with van der Waals surface area (Å²) in [7, 11) is 1.77. The monoisotopic (exact) mass is 257 g/mol. The van der Waals surface area contributed by atoms with Gasteiger partial charge in [0, 0.05) is 13.1 Å². The van der Waals surface area contributed by atoms with Gasteiger partial charge in [-0.25, -0.2) is 4.79 Å². The highest BCUT2D eigenvalue weighted by molar-refractivity contribution is 5.78. The molecule has 0 atom stereocenters. The molecule has 0 bridgehead atoms. The molecule has 5 nitrogen and oxygen atoms in total. The Kier molecular flexibility index (Phi) is 5.14. The van der Waals surface area contributed by atoms with Crippen molar-refractivity contribution in [2.45, 2.75) is 45.6 Å². The lowest BCUT2D eigenvalue weighted by Crippen LogP contribution is -2.42. The molecule has 104 valence electrons. The maximum atomic E-state index is 11.8. The average molecular weight is 257 g/mol. The van der Waals surface area contributed by atoms with Gasteiger partial charge in [0.1, 0.15) is 13.2 Å². The zero-order chi connectivity index (χ0) is 13.8. The molecule has 0 aromatic rings. The summed E-state index contributed by atoms with van der Waals surface area (Å²) in [6.07, 6.45) is 4.25. The Morgan fingerprint density at radius 1 is 1.28 bits per heavy atom. The number of hydrogen-bond acceptors (Lipinski definition) is 3. The van der Waals surface area contributed by atoms with E-state index < -0.39 is 12.6 Å². The fraction of sp³-hybridized carbons (Fsp3) is 0.846. The van der Waals surface area contributed by atoms with E-state index in [2.05, 4.69) is 13.8 Å². The first kappa shape index (κ1) is 15.0. The van der Waals surface area contributed by atoms with Gasteiger partial charge in [0.15, 0.2) is 0 Å². The number of nitrogens with zero attached hydrogens (tertiary/aromatic N) is 1. The minimum absolute atomic E-state index is 0.138. The van der Waals surface area contributed by atoms with Crippen molar-refractivity contribution in [3.63, 3.8) is 0 Å². The summed E-state index contributed by atoms with van der Waals surface area (Å²) in [6.45, 7) is 3.93. The normalized spacial score (nSPS) is 19.5. The number of aliphatic carboxylic acids is 1. The van der Waals surface area contributed by atoms with Gasteiger partial charge in [-0.2, -0.15) is 0 Å². The Bertz CT molecular complexity index is 304. The van der Waals surface area contributed by atoms with E-state index in [0.717, 1.165) is 25.7 Å². The molecule has 1 aliphatic rings. The van der Waals surface area contributed by atoms with E-state index in [1.165, 1.54) is 0 Å². The largest absolute Gasteiger partial charge is 0.480 e. The van der Waals surface area contributed by atoms with Crippen LogP contribution in [0.3, 0.4) is 0 Å². The number of likely N-dealkylation sites (N-methyl/N-ethyl adjacent to an activating group) is 1. The lowest BCUT2D eigenvalue weighted by Gasteiger charge is -2.38. The molecule has 5 heteroatoms. The minimum Gasteiger partial charge on any atom is -0.480 e. The summed E-state index contributed by atoms with van der Waals surface area (Å²) in [5, 5.41) is 8.42. The van der Waals surface area contributed by atoms with Gasteiger partial charge in [-0.3, -0.25) is 4.79 Å². The lowest BCUT2D eigenvalue weighted by atomic mass is 9.75. The van der Waals surface area contributed by atoms with Crippen molar-refractivity contribution < 1.29 is 19.4 Å². The molecule has 0 aromatic carbocycles. The lowest BCUT2D eigenvalue weighted by molar-refractivity contribution is -0.146. The molecule has 0 spiro atoms. The smallest absolute Gasteiger partial charge is 0.329 e. The van der Waals surface area contributed by atoms with Crippen LogP contribution in [-0.2, 0) is 14.3 Å².